The third kappa shape index (κ3) is 15.1. The number of oxazole rings is 3. The maximum absolute atomic E-state index is 6.40. The zero-order valence-electron chi connectivity index (χ0n) is 73.9. The van der Waals surface area contributed by atoms with Crippen molar-refractivity contribution in [2.24, 2.45) is 0 Å². The van der Waals surface area contributed by atoms with Crippen molar-refractivity contribution in [1.29, 1.82) is 0 Å². The minimum absolute atomic E-state index is 0.541. The number of hydrogen-bond donors (Lipinski definition) is 0. The molecule has 139 heavy (non-hydrogen) atoms. The summed E-state index contributed by atoms with van der Waals surface area (Å²) in [5.41, 5.74) is 29.9. The molecule has 0 aliphatic rings. The fraction of sp³-hybridized carbons (Fsp3) is 0. The number of fused-ring (bicyclic) bond motifs is 15. The molecule has 0 aliphatic carbocycles. The fourth-order valence-electron chi connectivity index (χ4n) is 18.6. The van der Waals surface area contributed by atoms with Gasteiger partial charge in [0, 0.05) is 115 Å². The monoisotopic (exact) mass is 1790 g/mol. The summed E-state index contributed by atoms with van der Waals surface area (Å²) in [6.07, 6.45) is 0. The van der Waals surface area contributed by atoms with Gasteiger partial charge < -0.3 is 30.9 Å². The first-order chi connectivity index (χ1) is 68.8. The number of rotatable bonds is 14. The molecular weight excluding hydrogens is 1720 g/mol. The van der Waals surface area contributed by atoms with Crippen molar-refractivity contribution in [3.63, 3.8) is 0 Å². The lowest BCUT2D eigenvalue weighted by molar-refractivity contribution is 0.619. The molecule has 18 aromatic carbocycles. The van der Waals surface area contributed by atoms with E-state index in [0.717, 1.165) is 227 Å². The van der Waals surface area contributed by atoms with Gasteiger partial charge in [-0.05, 0) is 150 Å². The number of hydrogen-bond acceptors (Lipinski definition) is 17. The third-order valence-corrected chi connectivity index (χ3v) is 25.3. The molecule has 0 saturated carbocycles. The molecule has 0 atom stereocenters. The van der Waals surface area contributed by atoms with E-state index in [2.05, 4.69) is 158 Å². The standard InChI is InChI=1S/C46H26N4O3.C41H25N3O2.C35H21N3O2/c1-2-11-27(12-3-1)43-48-44(29-14-8-13-28(25-29)31-16-9-17-33-32-15-4-6-20-37(32)52-42(31)33)50-45(49-43)34-18-10-22-40-41(34)35-26-30(23-24-38(35)51-40)46-47-36-19-5-7-21-39(36)53-46;1-3-10-26(11-4-1)27-18-20-29(21-19-27)35-25-34(28-12-5-2-6-13-28)42-40(43-35)31-14-9-17-38-39(31)32-24-30(22-23-36(32)45-38)41-44-33-15-7-8-16-37(33)46-41;1-3-10-22(11-4-1)28-21-29(23-12-5-2-6-13-23)37-34(36-28)25-14-9-17-32-33(25)26-20-24(18-19-30(26)39-32)35-38-27-15-7-8-16-31(27)40-35/h1-26H;1-25H;1-21H. The normalized spacial score (nSPS) is 11.6. The maximum Gasteiger partial charge on any atom is 0.227 e. The van der Waals surface area contributed by atoms with E-state index in [1.54, 1.807) is 0 Å². The lowest BCUT2D eigenvalue weighted by atomic mass is 10.00. The molecule has 0 unspecified atom stereocenters. The SMILES string of the molecule is c1ccc(-c2cc(-c3ccccc3)nc(-c3cccc4oc5ccc(-c6nc7ccccc7o6)cc5c34)n2)cc1.c1ccc(-c2ccc(-c3cc(-c4ccccc4)nc(-c4cccc5oc6ccc(-c7nc8ccccc8o7)cc6c45)n3)cc2)cc1.c1ccc(-c2nc(-c3cccc(-c4cccc5c4oc4ccccc45)c3)nc(-c3cccc4oc5ccc(-c6nc7ccccc7o6)cc5c34)n2)cc1. The number of nitrogens with zero attached hydrogens (tertiary/aromatic N) is 10. The van der Waals surface area contributed by atoms with Crippen LogP contribution in [0, 0.1) is 0 Å². The Kier molecular flexibility index (Phi) is 19.8. The second-order valence-electron chi connectivity index (χ2n) is 33.9. The van der Waals surface area contributed by atoms with Crippen LogP contribution in [0.15, 0.2) is 468 Å². The van der Waals surface area contributed by atoms with Gasteiger partial charge in [0.15, 0.2) is 45.9 Å². The molecule has 652 valence electrons. The summed E-state index contributed by atoms with van der Waals surface area (Å²) in [7, 11) is 0. The van der Waals surface area contributed by atoms with Crippen molar-refractivity contribution in [1.82, 2.24) is 49.8 Å². The Labute approximate surface area is 792 Å². The summed E-state index contributed by atoms with van der Waals surface area (Å²) in [6.45, 7) is 0. The first-order valence-corrected chi connectivity index (χ1v) is 45.7. The Hall–Kier alpha value is -19.3. The summed E-state index contributed by atoms with van der Waals surface area (Å²) >= 11 is 0. The van der Waals surface area contributed by atoms with Gasteiger partial charge in [-0.1, -0.05) is 303 Å². The summed E-state index contributed by atoms with van der Waals surface area (Å²) in [5, 5.41) is 7.81. The smallest absolute Gasteiger partial charge is 0.227 e. The number of furan rings is 4. The molecule has 10 heterocycles. The molecule has 10 aromatic heterocycles. The van der Waals surface area contributed by atoms with Crippen molar-refractivity contribution in [3.8, 4) is 159 Å². The summed E-state index contributed by atoms with van der Waals surface area (Å²) in [6, 6.07) is 146. The highest BCUT2D eigenvalue weighted by Gasteiger charge is 2.26. The van der Waals surface area contributed by atoms with Gasteiger partial charge in [0.05, 0.1) is 22.8 Å². The van der Waals surface area contributed by atoms with Crippen LogP contribution in [0.5, 0.6) is 0 Å². The van der Waals surface area contributed by atoms with Gasteiger partial charge in [0.25, 0.3) is 0 Å². The van der Waals surface area contributed by atoms with Crippen LogP contribution in [-0.2, 0) is 0 Å². The van der Waals surface area contributed by atoms with E-state index in [0.29, 0.717) is 46.8 Å². The van der Waals surface area contributed by atoms with E-state index in [-0.39, 0.29) is 0 Å². The highest BCUT2D eigenvalue weighted by molar-refractivity contribution is 6.16. The van der Waals surface area contributed by atoms with E-state index < -0.39 is 0 Å². The summed E-state index contributed by atoms with van der Waals surface area (Å²) < 4.78 is 43.7. The second kappa shape index (κ2) is 34.1. The third-order valence-electron chi connectivity index (χ3n) is 25.3. The lowest BCUT2D eigenvalue weighted by Crippen LogP contribution is -2.00. The van der Waals surface area contributed by atoms with Crippen LogP contribution >= 0.6 is 0 Å². The number of para-hydroxylation sites is 8. The number of aromatic nitrogens is 10. The molecular formula is C122H72N10O7. The first kappa shape index (κ1) is 80.6. The van der Waals surface area contributed by atoms with Crippen LogP contribution in [0.4, 0.5) is 0 Å². The average Bonchev–Trinajstić information content (AvgIpc) is 1.63. The van der Waals surface area contributed by atoms with E-state index in [1.165, 1.54) is 5.56 Å². The van der Waals surface area contributed by atoms with Gasteiger partial charge in [-0.25, -0.2) is 49.8 Å². The van der Waals surface area contributed by atoms with Crippen LogP contribution in [0.1, 0.15) is 0 Å². The van der Waals surface area contributed by atoms with Gasteiger partial charge in [-0.3, -0.25) is 0 Å². The highest BCUT2D eigenvalue weighted by Crippen LogP contribution is 2.46. The molecule has 17 heteroatoms. The van der Waals surface area contributed by atoms with E-state index >= 15 is 0 Å². The van der Waals surface area contributed by atoms with E-state index in [4.69, 9.17) is 80.8 Å². The van der Waals surface area contributed by atoms with Crippen LogP contribution in [0.2, 0.25) is 0 Å². The Morgan fingerprint density at radius 3 is 0.856 bits per heavy atom. The average molecular weight is 1790 g/mol. The maximum atomic E-state index is 6.40. The molecule has 0 saturated heterocycles. The minimum atomic E-state index is 0.541. The topological polar surface area (TPSA) is 221 Å². The van der Waals surface area contributed by atoms with Crippen molar-refractivity contribution in [2.75, 3.05) is 0 Å². The summed E-state index contributed by atoms with van der Waals surface area (Å²) in [5.74, 6) is 4.63. The van der Waals surface area contributed by atoms with E-state index in [9.17, 15) is 0 Å². The molecule has 0 radical (unpaired) electrons. The molecule has 0 bridgehead atoms. The van der Waals surface area contributed by atoms with Crippen LogP contribution in [0.3, 0.4) is 0 Å². The fourth-order valence-corrected chi connectivity index (χ4v) is 18.6. The molecule has 0 aliphatic heterocycles. The van der Waals surface area contributed by atoms with Gasteiger partial charge in [0.2, 0.25) is 17.7 Å². The van der Waals surface area contributed by atoms with Gasteiger partial charge >= 0.3 is 0 Å². The van der Waals surface area contributed by atoms with Crippen LogP contribution in [0.25, 0.3) is 280 Å². The molecule has 0 N–H and O–H groups in total. The van der Waals surface area contributed by atoms with Crippen molar-refractivity contribution in [2.45, 2.75) is 0 Å². The minimum Gasteiger partial charge on any atom is -0.456 e. The molecule has 28 aromatic rings. The Morgan fingerprint density at radius 1 is 0.137 bits per heavy atom. The predicted molar refractivity (Wildman–Crippen MR) is 552 cm³/mol. The Bertz CT molecular complexity index is 9450. The molecule has 17 nitrogen and oxygen atoms in total. The first-order valence-electron chi connectivity index (χ1n) is 45.7. The van der Waals surface area contributed by atoms with Gasteiger partial charge in [0.1, 0.15) is 61.2 Å². The van der Waals surface area contributed by atoms with Gasteiger partial charge in [-0.15, -0.1) is 0 Å². The second-order valence-corrected chi connectivity index (χ2v) is 33.9. The zero-order chi connectivity index (χ0) is 91.8. The molecule has 0 amide bonds. The molecule has 0 spiro atoms. The molecule has 0 fully saturated rings. The highest BCUT2D eigenvalue weighted by atomic mass is 16.4. The zero-order valence-corrected chi connectivity index (χ0v) is 73.9. The number of benzene rings is 18. The lowest BCUT2D eigenvalue weighted by Gasteiger charge is -2.11. The van der Waals surface area contributed by atoms with Crippen molar-refractivity contribution < 1.29 is 30.9 Å². The summed E-state index contributed by atoms with van der Waals surface area (Å²) in [4.78, 5) is 49.9. The quantitative estimate of drug-likeness (QED) is 0.0987. The van der Waals surface area contributed by atoms with Gasteiger partial charge in [-0.2, -0.15) is 0 Å². The van der Waals surface area contributed by atoms with Crippen LogP contribution in [-0.4, -0.2) is 49.8 Å². The predicted octanol–water partition coefficient (Wildman–Crippen LogP) is 32.2. The van der Waals surface area contributed by atoms with Crippen molar-refractivity contribution >= 4 is 121 Å². The van der Waals surface area contributed by atoms with Crippen LogP contribution < -0.4 is 0 Å². The Morgan fingerprint density at radius 2 is 0.424 bits per heavy atom. The van der Waals surface area contributed by atoms with Crippen molar-refractivity contribution in [3.05, 3.63) is 437 Å². The Balaban J connectivity index is 0.000000109. The molecule has 28 rings (SSSR count). The van der Waals surface area contributed by atoms with E-state index in [1.807, 2.05) is 279 Å². The largest absolute Gasteiger partial charge is 0.456 e.